The van der Waals surface area contributed by atoms with Crippen molar-refractivity contribution in [3.05, 3.63) is 36.8 Å². The summed E-state index contributed by atoms with van der Waals surface area (Å²) in [7, 11) is 0. The molecule has 0 unspecified atom stereocenters. The highest BCUT2D eigenvalue weighted by molar-refractivity contribution is 6.00. The number of likely N-dealkylation sites (N-methyl/N-ethyl adjacent to an activating group) is 1. The highest BCUT2D eigenvalue weighted by Gasteiger charge is 2.39. The number of nitrogens with one attached hydrogen (secondary N) is 2. The Morgan fingerprint density at radius 3 is 2.50 bits per heavy atom. The van der Waals surface area contributed by atoms with E-state index in [-0.39, 0.29) is 11.6 Å². The van der Waals surface area contributed by atoms with Gasteiger partial charge in [0.05, 0.1) is 42.0 Å². The lowest BCUT2D eigenvalue weighted by Crippen LogP contribution is -2.62. The van der Waals surface area contributed by atoms with Crippen molar-refractivity contribution in [2.45, 2.75) is 39.2 Å². The van der Waals surface area contributed by atoms with E-state index in [9.17, 15) is 4.79 Å². The minimum absolute atomic E-state index is 0.319. The Bertz CT molecular complexity index is 1500. The molecule has 0 aliphatic carbocycles. The molecule has 42 heavy (non-hydrogen) atoms. The van der Waals surface area contributed by atoms with Gasteiger partial charge in [-0.15, -0.1) is 5.10 Å². The monoisotopic (exact) mass is 575 g/mol. The van der Waals surface area contributed by atoms with Gasteiger partial charge in [-0.3, -0.25) is 10.00 Å². The molecule has 4 aromatic heterocycles. The molecule has 6 rings (SSSR count). The van der Waals surface area contributed by atoms with Crippen molar-refractivity contribution in [3.8, 4) is 16.9 Å². The number of hydrogen-bond acceptors (Lipinski definition) is 9. The molecule has 2 aliphatic heterocycles. The molecule has 2 saturated heterocycles. The molecule has 4 aromatic rings. The first-order valence-corrected chi connectivity index (χ1v) is 15.1. The van der Waals surface area contributed by atoms with Gasteiger partial charge in [0.25, 0.3) is 0 Å². The molecule has 6 heterocycles. The van der Waals surface area contributed by atoms with Crippen molar-refractivity contribution in [2.75, 3.05) is 70.5 Å². The van der Waals surface area contributed by atoms with E-state index in [0.717, 1.165) is 104 Å². The Hall–Kier alpha value is -3.90. The summed E-state index contributed by atoms with van der Waals surface area (Å²) < 4.78 is 13.0. The normalized spacial score (nSPS) is 18.0. The molecule has 12 heteroatoms. The molecule has 0 aromatic carbocycles. The highest BCUT2D eigenvalue weighted by Crippen LogP contribution is 2.34. The third-order valence-electron chi connectivity index (χ3n) is 8.60. The zero-order valence-corrected chi connectivity index (χ0v) is 24.8. The van der Waals surface area contributed by atoms with Gasteiger partial charge in [0, 0.05) is 63.1 Å². The number of fused-ring (bicyclic) bond motifs is 3. The van der Waals surface area contributed by atoms with Crippen molar-refractivity contribution < 1.29 is 14.3 Å². The number of amides is 1. The van der Waals surface area contributed by atoms with Crippen LogP contribution in [0.2, 0.25) is 0 Å². The minimum atomic E-state index is -0.326. The predicted molar refractivity (Wildman–Crippen MR) is 162 cm³/mol. The molecule has 2 N–H and O–H groups in total. The second kappa shape index (κ2) is 12.1. The average Bonchev–Trinajstić information content (AvgIpc) is 3.59. The van der Waals surface area contributed by atoms with Gasteiger partial charge in [-0.2, -0.15) is 5.10 Å². The second-order valence-electron chi connectivity index (χ2n) is 11.2. The molecule has 1 amide bonds. The molecule has 0 atom stereocenters. The molecule has 2 aliphatic rings. The molecular formula is C30H41N9O3. The van der Waals surface area contributed by atoms with E-state index in [2.05, 4.69) is 54.4 Å². The van der Waals surface area contributed by atoms with Gasteiger partial charge in [-0.05, 0) is 51.4 Å². The SMILES string of the molecule is CCOC(=O)NC1(CN2CCN(CC)CC2)CCN(c2ccc(-c3cc(OCC)cn4nc5[nH]ncc5c34)cn2)CC1. The van der Waals surface area contributed by atoms with Crippen molar-refractivity contribution >= 4 is 28.5 Å². The van der Waals surface area contributed by atoms with Gasteiger partial charge in [-0.1, -0.05) is 6.92 Å². The summed E-state index contributed by atoms with van der Waals surface area (Å²) in [6.45, 7) is 14.7. The number of carbonyl (C=O) groups is 1. The Balaban J connectivity index is 1.19. The number of alkyl carbamates (subject to hydrolysis) is 1. The third kappa shape index (κ3) is 5.73. The molecule has 2 fully saturated rings. The zero-order valence-electron chi connectivity index (χ0n) is 24.8. The fourth-order valence-corrected chi connectivity index (χ4v) is 6.30. The summed E-state index contributed by atoms with van der Waals surface area (Å²) in [6, 6.07) is 6.23. The van der Waals surface area contributed by atoms with Gasteiger partial charge in [0.1, 0.15) is 11.6 Å². The Kier molecular flexibility index (Phi) is 8.16. The van der Waals surface area contributed by atoms with Crippen molar-refractivity contribution in [1.82, 2.24) is 39.9 Å². The number of piperidine rings is 1. The van der Waals surface area contributed by atoms with E-state index in [1.165, 1.54) is 0 Å². The number of pyridine rings is 2. The topological polar surface area (TPSA) is 116 Å². The van der Waals surface area contributed by atoms with Gasteiger partial charge in [0.15, 0.2) is 5.65 Å². The first-order chi connectivity index (χ1) is 20.5. The Labute approximate surface area is 246 Å². The average molecular weight is 576 g/mol. The van der Waals surface area contributed by atoms with E-state index in [1.807, 2.05) is 36.8 Å². The Morgan fingerprint density at radius 1 is 1.02 bits per heavy atom. The quantitative estimate of drug-likeness (QED) is 0.310. The number of aromatic amines is 1. The number of anilines is 1. The maximum absolute atomic E-state index is 12.6. The van der Waals surface area contributed by atoms with E-state index in [1.54, 1.807) is 6.20 Å². The largest absolute Gasteiger partial charge is 0.492 e. The lowest BCUT2D eigenvalue weighted by molar-refractivity contribution is 0.0831. The van der Waals surface area contributed by atoms with Crippen LogP contribution < -0.4 is 15.0 Å². The van der Waals surface area contributed by atoms with Crippen molar-refractivity contribution in [1.29, 1.82) is 0 Å². The molecule has 0 saturated carbocycles. The standard InChI is InChI=1S/C30H41N9O3/c1-4-36-13-15-37(16-14-36)21-30(33-29(40)42-6-3)9-11-38(12-10-30)26-8-7-22(18-31-26)24-17-23(41-5-2)20-39-27(24)25-19-32-34-28(25)35-39/h7-8,17-20H,4-6,9-16,21H2,1-3H3,(H,33,40)(H,34,35). The van der Waals surface area contributed by atoms with Crippen LogP contribution in [0.5, 0.6) is 5.75 Å². The van der Waals surface area contributed by atoms with Crippen LogP contribution in [0.4, 0.5) is 10.6 Å². The summed E-state index contributed by atoms with van der Waals surface area (Å²) >= 11 is 0. The van der Waals surface area contributed by atoms with Crippen LogP contribution in [0.25, 0.3) is 27.7 Å². The van der Waals surface area contributed by atoms with Crippen LogP contribution >= 0.6 is 0 Å². The fraction of sp³-hybridized carbons (Fsp3) is 0.533. The van der Waals surface area contributed by atoms with Crippen LogP contribution in [0.3, 0.4) is 0 Å². The zero-order chi connectivity index (χ0) is 29.1. The second-order valence-corrected chi connectivity index (χ2v) is 11.2. The maximum atomic E-state index is 12.6. The predicted octanol–water partition coefficient (Wildman–Crippen LogP) is 3.39. The molecule has 0 bridgehead atoms. The molecule has 224 valence electrons. The summed E-state index contributed by atoms with van der Waals surface area (Å²) in [5.41, 5.74) is 3.35. The summed E-state index contributed by atoms with van der Waals surface area (Å²) in [5, 5.41) is 16.0. The number of hydrogen-bond donors (Lipinski definition) is 2. The Morgan fingerprint density at radius 2 is 1.81 bits per heavy atom. The fourth-order valence-electron chi connectivity index (χ4n) is 6.30. The van der Waals surface area contributed by atoms with Crippen molar-refractivity contribution in [2.24, 2.45) is 0 Å². The number of rotatable bonds is 9. The summed E-state index contributed by atoms with van der Waals surface area (Å²) in [6.07, 6.45) is 6.95. The highest BCUT2D eigenvalue weighted by atomic mass is 16.5. The lowest BCUT2D eigenvalue weighted by atomic mass is 9.86. The first kappa shape index (κ1) is 28.2. The van der Waals surface area contributed by atoms with Crippen LogP contribution in [-0.4, -0.2) is 112 Å². The van der Waals surface area contributed by atoms with Gasteiger partial charge < -0.3 is 24.6 Å². The van der Waals surface area contributed by atoms with Crippen LogP contribution in [0, 0.1) is 0 Å². The van der Waals surface area contributed by atoms with Gasteiger partial charge in [-0.25, -0.2) is 14.3 Å². The van der Waals surface area contributed by atoms with E-state index < -0.39 is 0 Å². The van der Waals surface area contributed by atoms with E-state index >= 15 is 0 Å². The number of nitrogens with zero attached hydrogens (tertiary/aromatic N) is 7. The molecule has 0 radical (unpaired) electrons. The number of aromatic nitrogens is 5. The van der Waals surface area contributed by atoms with Gasteiger partial charge in [0.2, 0.25) is 0 Å². The van der Waals surface area contributed by atoms with Gasteiger partial charge >= 0.3 is 6.09 Å². The van der Waals surface area contributed by atoms with Crippen molar-refractivity contribution in [3.63, 3.8) is 0 Å². The van der Waals surface area contributed by atoms with Crippen LogP contribution in [-0.2, 0) is 4.74 Å². The van der Waals surface area contributed by atoms with Crippen LogP contribution in [0.15, 0.2) is 36.8 Å². The molecule has 0 spiro atoms. The molecular weight excluding hydrogens is 534 g/mol. The number of H-pyrrole nitrogens is 1. The third-order valence-corrected chi connectivity index (χ3v) is 8.60. The first-order valence-electron chi connectivity index (χ1n) is 15.1. The number of ether oxygens (including phenoxy) is 2. The number of carbonyl (C=O) groups excluding carboxylic acids is 1. The maximum Gasteiger partial charge on any atom is 0.407 e. The summed E-state index contributed by atoms with van der Waals surface area (Å²) in [4.78, 5) is 24.7. The smallest absolute Gasteiger partial charge is 0.407 e. The minimum Gasteiger partial charge on any atom is -0.492 e. The van der Waals surface area contributed by atoms with E-state index in [0.29, 0.717) is 13.2 Å². The van der Waals surface area contributed by atoms with E-state index in [4.69, 9.17) is 14.5 Å². The lowest BCUT2D eigenvalue weighted by Gasteiger charge is -2.46. The molecule has 12 nitrogen and oxygen atoms in total. The van der Waals surface area contributed by atoms with Crippen LogP contribution in [0.1, 0.15) is 33.6 Å². The summed E-state index contributed by atoms with van der Waals surface area (Å²) in [5.74, 6) is 1.68. The number of piperazine rings is 1.